The summed E-state index contributed by atoms with van der Waals surface area (Å²) < 4.78 is 4.66. The third kappa shape index (κ3) is 2.39. The van der Waals surface area contributed by atoms with E-state index in [9.17, 15) is 4.79 Å². The second-order valence-corrected chi connectivity index (χ2v) is 4.01. The van der Waals surface area contributed by atoms with E-state index in [1.54, 1.807) is 6.20 Å². The smallest absolute Gasteiger partial charge is 0.356 e. The van der Waals surface area contributed by atoms with Crippen LogP contribution in [0.25, 0.3) is 0 Å². The number of rotatable bonds is 2. The molecule has 4 nitrogen and oxygen atoms in total. The molecule has 0 aliphatic carbocycles. The van der Waals surface area contributed by atoms with E-state index in [1.165, 1.54) is 19.1 Å². The summed E-state index contributed by atoms with van der Waals surface area (Å²) in [7, 11) is 1.37. The molecule has 1 N–H and O–H groups in total. The Morgan fingerprint density at radius 3 is 3.19 bits per heavy atom. The highest BCUT2D eigenvalue weighted by Gasteiger charge is 2.17. The maximum Gasteiger partial charge on any atom is 0.356 e. The van der Waals surface area contributed by atoms with Gasteiger partial charge in [0.25, 0.3) is 0 Å². The van der Waals surface area contributed by atoms with Gasteiger partial charge in [0.2, 0.25) is 0 Å². The molecule has 1 fully saturated rings. The number of carbonyl (C=O) groups is 1. The van der Waals surface area contributed by atoms with Crippen LogP contribution in [0, 0.1) is 0 Å². The average molecular weight is 220 g/mol. The van der Waals surface area contributed by atoms with Crippen molar-refractivity contribution in [1.82, 2.24) is 10.3 Å². The van der Waals surface area contributed by atoms with Gasteiger partial charge in [-0.3, -0.25) is 0 Å². The number of methoxy groups -OCH3 is 1. The summed E-state index contributed by atoms with van der Waals surface area (Å²) in [6, 6.07) is 3.81. The normalized spacial score (nSPS) is 20.4. The van der Waals surface area contributed by atoms with Gasteiger partial charge in [0, 0.05) is 12.7 Å². The van der Waals surface area contributed by atoms with E-state index in [4.69, 9.17) is 0 Å². The van der Waals surface area contributed by atoms with Crippen molar-refractivity contribution in [2.75, 3.05) is 20.2 Å². The largest absolute Gasteiger partial charge is 0.464 e. The highest BCUT2D eigenvalue weighted by atomic mass is 16.5. The molecule has 0 spiro atoms. The van der Waals surface area contributed by atoms with Crippen molar-refractivity contribution in [2.45, 2.75) is 18.8 Å². The van der Waals surface area contributed by atoms with E-state index < -0.39 is 0 Å². The highest BCUT2D eigenvalue weighted by molar-refractivity contribution is 5.87. The zero-order valence-electron chi connectivity index (χ0n) is 9.40. The number of carbonyl (C=O) groups excluding carboxylic acids is 1. The number of aromatic nitrogens is 1. The first kappa shape index (κ1) is 11.1. The molecule has 0 aromatic carbocycles. The third-order valence-electron chi connectivity index (χ3n) is 2.95. The molecule has 0 bridgehead atoms. The first-order valence-electron chi connectivity index (χ1n) is 5.56. The Labute approximate surface area is 95.0 Å². The van der Waals surface area contributed by atoms with Crippen molar-refractivity contribution >= 4 is 5.97 Å². The number of hydrogen-bond donors (Lipinski definition) is 1. The van der Waals surface area contributed by atoms with E-state index in [0.717, 1.165) is 19.5 Å². The summed E-state index contributed by atoms with van der Waals surface area (Å²) in [5, 5.41) is 3.36. The van der Waals surface area contributed by atoms with E-state index >= 15 is 0 Å². The third-order valence-corrected chi connectivity index (χ3v) is 2.95. The Hall–Kier alpha value is -1.42. The molecule has 1 atom stereocenters. The van der Waals surface area contributed by atoms with E-state index in [-0.39, 0.29) is 5.97 Å². The fourth-order valence-corrected chi connectivity index (χ4v) is 2.05. The van der Waals surface area contributed by atoms with Crippen LogP contribution < -0.4 is 5.32 Å². The summed E-state index contributed by atoms with van der Waals surface area (Å²) in [4.78, 5) is 15.4. The van der Waals surface area contributed by atoms with Crippen LogP contribution in [0.2, 0.25) is 0 Å². The number of esters is 1. The minimum absolute atomic E-state index is 0.370. The number of pyridine rings is 1. The van der Waals surface area contributed by atoms with Crippen LogP contribution in [-0.2, 0) is 4.74 Å². The molecule has 1 saturated heterocycles. The van der Waals surface area contributed by atoms with Crippen LogP contribution >= 0.6 is 0 Å². The molecule has 0 amide bonds. The van der Waals surface area contributed by atoms with Crippen molar-refractivity contribution in [1.29, 1.82) is 0 Å². The highest BCUT2D eigenvalue weighted by Crippen LogP contribution is 2.23. The molecule has 1 aromatic heterocycles. The molecule has 1 unspecified atom stereocenters. The molecule has 2 heterocycles. The number of hydrogen-bond acceptors (Lipinski definition) is 4. The van der Waals surface area contributed by atoms with Gasteiger partial charge < -0.3 is 10.1 Å². The number of nitrogens with zero attached hydrogens (tertiary/aromatic N) is 1. The Kier molecular flexibility index (Phi) is 3.51. The van der Waals surface area contributed by atoms with Crippen molar-refractivity contribution in [3.63, 3.8) is 0 Å². The molecular weight excluding hydrogens is 204 g/mol. The minimum atomic E-state index is -0.370. The van der Waals surface area contributed by atoms with Crippen molar-refractivity contribution in [3.8, 4) is 0 Å². The molecule has 1 aliphatic rings. The van der Waals surface area contributed by atoms with Gasteiger partial charge in [-0.1, -0.05) is 0 Å². The van der Waals surface area contributed by atoms with E-state index in [2.05, 4.69) is 15.0 Å². The molecule has 1 aromatic rings. The summed E-state index contributed by atoms with van der Waals surface area (Å²) in [6.45, 7) is 2.07. The van der Waals surface area contributed by atoms with Crippen LogP contribution in [0.1, 0.15) is 34.8 Å². The predicted molar refractivity (Wildman–Crippen MR) is 60.4 cm³/mol. The monoisotopic (exact) mass is 220 g/mol. The quantitative estimate of drug-likeness (QED) is 0.764. The van der Waals surface area contributed by atoms with Crippen molar-refractivity contribution < 1.29 is 9.53 Å². The molecule has 86 valence electrons. The fourth-order valence-electron chi connectivity index (χ4n) is 2.05. The second kappa shape index (κ2) is 5.07. The molecule has 16 heavy (non-hydrogen) atoms. The Morgan fingerprint density at radius 1 is 1.62 bits per heavy atom. The van der Waals surface area contributed by atoms with Gasteiger partial charge in [0.05, 0.1) is 7.11 Å². The van der Waals surface area contributed by atoms with Crippen LogP contribution in [0.15, 0.2) is 18.3 Å². The van der Waals surface area contributed by atoms with Crippen LogP contribution in [0.3, 0.4) is 0 Å². The van der Waals surface area contributed by atoms with Crippen molar-refractivity contribution in [3.05, 3.63) is 29.6 Å². The fraction of sp³-hybridized carbons (Fsp3) is 0.500. The summed E-state index contributed by atoms with van der Waals surface area (Å²) in [5.41, 5.74) is 1.56. The first-order valence-corrected chi connectivity index (χ1v) is 5.56. The van der Waals surface area contributed by atoms with Gasteiger partial charge in [0.15, 0.2) is 0 Å². The lowest BCUT2D eigenvalue weighted by molar-refractivity contribution is 0.0594. The van der Waals surface area contributed by atoms with E-state index in [1.807, 2.05) is 12.1 Å². The zero-order chi connectivity index (χ0) is 11.4. The SMILES string of the molecule is COC(=O)c1cc(C2CCCNC2)ccn1. The molecule has 2 rings (SSSR count). The topological polar surface area (TPSA) is 51.2 Å². The number of ether oxygens (including phenoxy) is 1. The molecule has 1 aliphatic heterocycles. The van der Waals surface area contributed by atoms with Gasteiger partial charge in [-0.05, 0) is 43.0 Å². The van der Waals surface area contributed by atoms with Gasteiger partial charge >= 0.3 is 5.97 Å². The summed E-state index contributed by atoms with van der Waals surface area (Å²) in [6.07, 6.45) is 4.02. The molecule has 4 heteroatoms. The maximum atomic E-state index is 11.3. The van der Waals surface area contributed by atoms with Gasteiger partial charge in [-0.15, -0.1) is 0 Å². The zero-order valence-corrected chi connectivity index (χ0v) is 9.40. The van der Waals surface area contributed by atoms with Gasteiger partial charge in [-0.25, -0.2) is 9.78 Å². The van der Waals surface area contributed by atoms with Crippen LogP contribution in [0.5, 0.6) is 0 Å². The predicted octanol–water partition coefficient (Wildman–Crippen LogP) is 1.34. The van der Waals surface area contributed by atoms with Crippen molar-refractivity contribution in [2.24, 2.45) is 0 Å². The summed E-state index contributed by atoms with van der Waals surface area (Å²) >= 11 is 0. The lowest BCUT2D eigenvalue weighted by Crippen LogP contribution is -2.28. The van der Waals surface area contributed by atoms with Gasteiger partial charge in [0.1, 0.15) is 5.69 Å². The molecule has 0 saturated carbocycles. The van der Waals surface area contributed by atoms with Gasteiger partial charge in [-0.2, -0.15) is 0 Å². The maximum absolute atomic E-state index is 11.3. The standard InChI is InChI=1S/C12H16N2O2/c1-16-12(15)11-7-9(4-6-14-11)10-3-2-5-13-8-10/h4,6-7,10,13H,2-3,5,8H2,1H3. The van der Waals surface area contributed by atoms with Crippen LogP contribution in [0.4, 0.5) is 0 Å². The molecule has 0 radical (unpaired) electrons. The Morgan fingerprint density at radius 2 is 2.50 bits per heavy atom. The first-order chi connectivity index (χ1) is 7.81. The Balaban J connectivity index is 2.17. The van der Waals surface area contributed by atoms with Crippen LogP contribution in [-0.4, -0.2) is 31.2 Å². The lowest BCUT2D eigenvalue weighted by Gasteiger charge is -2.23. The number of piperidine rings is 1. The molecular formula is C12H16N2O2. The van der Waals surface area contributed by atoms with E-state index in [0.29, 0.717) is 11.6 Å². The lowest BCUT2D eigenvalue weighted by atomic mass is 9.92. The summed E-state index contributed by atoms with van der Waals surface area (Å²) in [5.74, 6) is 0.116. The number of nitrogens with one attached hydrogen (secondary N) is 1. The second-order valence-electron chi connectivity index (χ2n) is 4.01. The Bertz CT molecular complexity index is 373. The minimum Gasteiger partial charge on any atom is -0.464 e. The average Bonchev–Trinajstić information content (AvgIpc) is 2.39.